The second-order valence-electron chi connectivity index (χ2n) is 15.5. The zero-order valence-corrected chi connectivity index (χ0v) is 30.5. The Balaban J connectivity index is 1.88. The van der Waals surface area contributed by atoms with Crippen molar-refractivity contribution >= 4 is 23.6 Å². The molecule has 1 saturated carbocycles. The highest BCUT2D eigenvalue weighted by Crippen LogP contribution is 2.44. The van der Waals surface area contributed by atoms with E-state index in [0.717, 1.165) is 19.1 Å². The van der Waals surface area contributed by atoms with Gasteiger partial charge in [-0.3, -0.25) is 14.7 Å². The number of halogens is 1. The molecular formula is C36H58FN3O8. The van der Waals surface area contributed by atoms with Gasteiger partial charge in [0.1, 0.15) is 6.10 Å². The summed E-state index contributed by atoms with van der Waals surface area (Å²) in [4.78, 5) is 49.8. The molecule has 12 heteroatoms. The SMILES string of the molecule is C=CCO[C@@]1(C)C[C@@H](C)C2=NCCN3C(=O)O[C@](C)([C@H](CC)OC(=O)C(C)(F)C(=O)[C@H](C)[C@H]1O[C@@H]1C[C@H](C)C[C@H](N(C)C)[C@H]1O)[C@H]3[C@@H]2C. The van der Waals surface area contributed by atoms with Crippen LogP contribution in [-0.4, -0.2) is 126 Å². The second-order valence-corrected chi connectivity index (χ2v) is 15.5. The number of carbonyl (C=O) groups is 3. The molecule has 13 atom stereocenters. The summed E-state index contributed by atoms with van der Waals surface area (Å²) in [6, 6.07) is -0.756. The number of ketones is 1. The van der Waals surface area contributed by atoms with E-state index in [4.69, 9.17) is 23.9 Å². The maximum absolute atomic E-state index is 16.7. The first-order valence-corrected chi connectivity index (χ1v) is 17.6. The predicted molar refractivity (Wildman–Crippen MR) is 180 cm³/mol. The minimum absolute atomic E-state index is 0.111. The van der Waals surface area contributed by atoms with Gasteiger partial charge in [0.25, 0.3) is 5.67 Å². The number of hydrogen-bond acceptors (Lipinski definition) is 10. The van der Waals surface area contributed by atoms with Crippen LogP contribution in [-0.2, 0) is 28.5 Å². The number of rotatable bonds is 7. The summed E-state index contributed by atoms with van der Waals surface area (Å²) in [5, 5.41) is 11.5. The smallest absolute Gasteiger partial charge is 0.410 e. The van der Waals surface area contributed by atoms with Gasteiger partial charge in [-0.05, 0) is 72.4 Å². The van der Waals surface area contributed by atoms with Crippen LogP contribution in [0.15, 0.2) is 17.6 Å². The lowest BCUT2D eigenvalue weighted by molar-refractivity contribution is -0.210. The summed E-state index contributed by atoms with van der Waals surface area (Å²) in [7, 11) is 3.81. The molecule has 1 N–H and O–H groups in total. The Morgan fingerprint density at radius 1 is 1.12 bits per heavy atom. The molecule has 272 valence electrons. The summed E-state index contributed by atoms with van der Waals surface area (Å²) in [5.41, 5.74) is -4.78. The Morgan fingerprint density at radius 3 is 2.40 bits per heavy atom. The van der Waals surface area contributed by atoms with Crippen LogP contribution in [0.1, 0.15) is 81.1 Å². The Kier molecular flexibility index (Phi) is 11.6. The molecule has 0 radical (unpaired) electrons. The molecule has 1 aliphatic carbocycles. The topological polar surface area (TPSA) is 127 Å². The van der Waals surface area contributed by atoms with E-state index in [1.54, 1.807) is 31.7 Å². The number of hydrogen-bond donors (Lipinski definition) is 1. The van der Waals surface area contributed by atoms with Gasteiger partial charge in [0.05, 0.1) is 43.1 Å². The number of likely N-dealkylation sites (N-methyl/N-ethyl adjacent to an activating group) is 1. The lowest BCUT2D eigenvalue weighted by Gasteiger charge is -2.48. The third kappa shape index (κ3) is 6.96. The number of carbonyl (C=O) groups excluding carboxylic acids is 3. The van der Waals surface area contributed by atoms with Crippen molar-refractivity contribution < 1.29 is 42.8 Å². The Labute approximate surface area is 285 Å². The number of esters is 1. The third-order valence-electron chi connectivity index (χ3n) is 11.4. The van der Waals surface area contributed by atoms with Gasteiger partial charge in [0, 0.05) is 30.1 Å². The van der Waals surface area contributed by atoms with Crippen LogP contribution < -0.4 is 0 Å². The van der Waals surface area contributed by atoms with Gasteiger partial charge in [0.15, 0.2) is 11.4 Å². The summed E-state index contributed by atoms with van der Waals surface area (Å²) in [6.45, 7) is 18.5. The van der Waals surface area contributed by atoms with Crippen molar-refractivity contribution in [3.8, 4) is 0 Å². The van der Waals surface area contributed by atoms with Gasteiger partial charge in [-0.15, -0.1) is 6.58 Å². The second kappa shape index (κ2) is 14.4. The largest absolute Gasteiger partial charge is 0.455 e. The number of aliphatic hydroxyl groups excluding tert-OH is 1. The maximum atomic E-state index is 16.7. The lowest BCUT2D eigenvalue weighted by Crippen LogP contribution is -2.61. The highest BCUT2D eigenvalue weighted by molar-refractivity contribution is 6.08. The number of amides is 1. The normalized spacial score (nSPS) is 44.4. The molecule has 1 amide bonds. The van der Waals surface area contributed by atoms with Crippen LogP contribution in [0.2, 0.25) is 0 Å². The number of cyclic esters (lactones) is 1. The quantitative estimate of drug-likeness (QED) is 0.237. The van der Waals surface area contributed by atoms with E-state index in [2.05, 4.69) is 13.5 Å². The summed E-state index contributed by atoms with van der Waals surface area (Å²) in [6.07, 6.45) is -0.798. The molecule has 0 spiro atoms. The zero-order valence-electron chi connectivity index (χ0n) is 30.5. The van der Waals surface area contributed by atoms with E-state index in [1.165, 1.54) is 0 Å². The first-order valence-electron chi connectivity index (χ1n) is 17.6. The van der Waals surface area contributed by atoms with Gasteiger partial charge in [-0.25, -0.2) is 14.0 Å². The zero-order chi connectivity index (χ0) is 35.9. The number of fused-ring (bicyclic) bond motifs is 1. The summed E-state index contributed by atoms with van der Waals surface area (Å²) < 4.78 is 41.9. The van der Waals surface area contributed by atoms with Gasteiger partial charge in [-0.2, -0.15) is 0 Å². The fraction of sp³-hybridized carbons (Fsp3) is 0.833. The number of alkyl halides is 1. The monoisotopic (exact) mass is 679 g/mol. The van der Waals surface area contributed by atoms with Crippen LogP contribution in [0, 0.1) is 23.7 Å². The Morgan fingerprint density at radius 2 is 1.79 bits per heavy atom. The molecule has 2 bridgehead atoms. The molecular weight excluding hydrogens is 621 g/mol. The number of Topliss-reactive ketones (excluding diaryl/α,β-unsaturated/α-hetero) is 1. The molecule has 0 aromatic rings. The fourth-order valence-electron chi connectivity index (χ4n) is 8.97. The van der Waals surface area contributed by atoms with Gasteiger partial charge in [-0.1, -0.05) is 40.7 Å². The van der Waals surface area contributed by atoms with Crippen molar-refractivity contribution in [2.24, 2.45) is 28.7 Å². The average molecular weight is 680 g/mol. The standard InChI is InChI=1S/C36H58FN3O8/c1-12-16-45-34(7)19-21(4)27-22(5)29-36(9,48-33(44)40(29)15-14-38-27)26(13-2)47-32(43)35(8,37)30(42)23(6)31(34)46-25-18-20(3)17-24(28(25)41)39(10)11/h12,20-26,28-29,31,41H,1,13-19H2,2-11H3/t20-,21-,22-,23+,24+,25-,26+,28-,29-,31-,34+,35?,36-/m1/s1. The first kappa shape index (κ1) is 38.4. The van der Waals surface area contributed by atoms with Crippen LogP contribution in [0.25, 0.3) is 0 Å². The average Bonchev–Trinajstić information content (AvgIpc) is 3.14. The Bertz CT molecular complexity index is 1260. The molecule has 11 nitrogen and oxygen atoms in total. The molecule has 4 rings (SSSR count). The van der Waals surface area contributed by atoms with E-state index in [1.807, 2.05) is 39.8 Å². The third-order valence-corrected chi connectivity index (χ3v) is 11.4. The summed E-state index contributed by atoms with van der Waals surface area (Å²) in [5.74, 6) is -3.93. The van der Waals surface area contributed by atoms with Crippen molar-refractivity contribution in [2.75, 3.05) is 33.8 Å². The van der Waals surface area contributed by atoms with Gasteiger partial charge in [0.2, 0.25) is 0 Å². The molecule has 4 aliphatic rings. The van der Waals surface area contributed by atoms with Crippen molar-refractivity contribution in [1.29, 1.82) is 0 Å². The number of aliphatic imine (C=N–C) groups is 1. The number of nitrogens with zero attached hydrogens (tertiary/aromatic N) is 3. The van der Waals surface area contributed by atoms with Crippen molar-refractivity contribution in [1.82, 2.24) is 9.80 Å². The van der Waals surface area contributed by atoms with Crippen LogP contribution in [0.4, 0.5) is 9.18 Å². The minimum atomic E-state index is -3.06. The van der Waals surface area contributed by atoms with E-state index in [9.17, 15) is 19.5 Å². The van der Waals surface area contributed by atoms with E-state index in [-0.39, 0.29) is 36.8 Å². The number of aliphatic hydroxyl groups is 1. The molecule has 3 fully saturated rings. The van der Waals surface area contributed by atoms with E-state index in [0.29, 0.717) is 25.9 Å². The fourth-order valence-corrected chi connectivity index (χ4v) is 8.97. The molecule has 3 aliphatic heterocycles. The van der Waals surface area contributed by atoms with Crippen molar-refractivity contribution in [3.63, 3.8) is 0 Å². The van der Waals surface area contributed by atoms with Gasteiger partial charge < -0.3 is 29.0 Å². The molecule has 0 aromatic heterocycles. The van der Waals surface area contributed by atoms with Crippen LogP contribution >= 0.6 is 0 Å². The highest BCUT2D eigenvalue weighted by Gasteiger charge is 2.61. The lowest BCUT2D eigenvalue weighted by atomic mass is 9.72. The molecule has 3 heterocycles. The van der Waals surface area contributed by atoms with Crippen LogP contribution in [0.3, 0.4) is 0 Å². The predicted octanol–water partition coefficient (Wildman–Crippen LogP) is 4.39. The highest BCUT2D eigenvalue weighted by atomic mass is 19.1. The van der Waals surface area contributed by atoms with Crippen molar-refractivity contribution in [3.05, 3.63) is 12.7 Å². The molecule has 48 heavy (non-hydrogen) atoms. The molecule has 0 aromatic carbocycles. The number of ether oxygens (including phenoxy) is 4. The maximum Gasteiger partial charge on any atom is 0.410 e. The van der Waals surface area contributed by atoms with Crippen molar-refractivity contribution in [2.45, 2.75) is 134 Å². The minimum Gasteiger partial charge on any atom is -0.455 e. The Hall–Kier alpha value is -2.41. The van der Waals surface area contributed by atoms with E-state index < -0.39 is 71.1 Å². The molecule has 2 saturated heterocycles. The van der Waals surface area contributed by atoms with E-state index >= 15 is 4.39 Å². The first-order chi connectivity index (χ1) is 22.3. The molecule has 1 unspecified atom stereocenters. The van der Waals surface area contributed by atoms with Gasteiger partial charge >= 0.3 is 12.1 Å². The van der Waals surface area contributed by atoms with Crippen LogP contribution in [0.5, 0.6) is 0 Å². The summed E-state index contributed by atoms with van der Waals surface area (Å²) >= 11 is 0.